The van der Waals surface area contributed by atoms with Gasteiger partial charge in [0.05, 0.1) is 7.11 Å². The number of hydrogen-bond acceptors (Lipinski definition) is 3. The predicted octanol–water partition coefficient (Wildman–Crippen LogP) is 2.47. The van der Waals surface area contributed by atoms with Crippen LogP contribution in [0.3, 0.4) is 0 Å². The van der Waals surface area contributed by atoms with E-state index in [0.29, 0.717) is 5.82 Å². The summed E-state index contributed by atoms with van der Waals surface area (Å²) in [7, 11) is 1.70. The monoisotopic (exact) mass is 243 g/mol. The Bertz CT molecular complexity index is 558. The van der Waals surface area contributed by atoms with Crippen LogP contribution in [0.2, 0.25) is 0 Å². The third kappa shape index (κ3) is 1.56. The number of aromatic amines is 1. The number of nitrogens with two attached hydrogens (primary N) is 1. The second kappa shape index (κ2) is 4.05. The van der Waals surface area contributed by atoms with Gasteiger partial charge in [-0.2, -0.15) is 5.10 Å². The van der Waals surface area contributed by atoms with Gasteiger partial charge in [0, 0.05) is 17.2 Å². The summed E-state index contributed by atoms with van der Waals surface area (Å²) in [5.74, 6) is 1.45. The highest BCUT2D eigenvalue weighted by Gasteiger charge is 2.42. The number of rotatable bonds is 3. The summed E-state index contributed by atoms with van der Waals surface area (Å²) in [6, 6.07) is 10.2. The molecule has 0 spiro atoms. The quantitative estimate of drug-likeness (QED) is 0.870. The molecule has 1 aliphatic carbocycles. The highest BCUT2D eigenvalue weighted by atomic mass is 16.5. The summed E-state index contributed by atoms with van der Waals surface area (Å²) in [5.41, 5.74) is 8.15. The fourth-order valence-electron chi connectivity index (χ4n) is 2.75. The van der Waals surface area contributed by atoms with Crippen molar-refractivity contribution in [2.75, 3.05) is 12.8 Å². The summed E-state index contributed by atoms with van der Waals surface area (Å²) >= 11 is 0. The number of ether oxygens (including phenoxy) is 1. The SMILES string of the molecule is COc1cccc(C2(c3cc(N)n[nH]3)CCC2)c1. The van der Waals surface area contributed by atoms with E-state index in [1.807, 2.05) is 18.2 Å². The first-order valence-corrected chi connectivity index (χ1v) is 6.20. The molecule has 1 aliphatic rings. The number of nitrogens with zero attached hydrogens (tertiary/aromatic N) is 1. The highest BCUT2D eigenvalue weighted by Crippen LogP contribution is 2.49. The Kier molecular flexibility index (Phi) is 2.51. The van der Waals surface area contributed by atoms with Crippen LogP contribution in [0.5, 0.6) is 5.75 Å². The zero-order valence-electron chi connectivity index (χ0n) is 10.4. The molecule has 4 heteroatoms. The Morgan fingerprint density at radius 1 is 1.33 bits per heavy atom. The molecule has 3 rings (SSSR count). The van der Waals surface area contributed by atoms with E-state index in [4.69, 9.17) is 10.5 Å². The van der Waals surface area contributed by atoms with E-state index in [1.165, 1.54) is 12.0 Å². The van der Waals surface area contributed by atoms with Gasteiger partial charge in [-0.05, 0) is 30.5 Å². The molecule has 1 fully saturated rings. The number of H-pyrrole nitrogens is 1. The molecule has 1 aromatic heterocycles. The number of benzene rings is 1. The summed E-state index contributed by atoms with van der Waals surface area (Å²) in [6.45, 7) is 0. The van der Waals surface area contributed by atoms with Gasteiger partial charge in [0.2, 0.25) is 0 Å². The summed E-state index contributed by atoms with van der Waals surface area (Å²) < 4.78 is 5.31. The third-order valence-corrected chi connectivity index (χ3v) is 3.94. The van der Waals surface area contributed by atoms with Crippen molar-refractivity contribution >= 4 is 5.82 Å². The second-order valence-electron chi connectivity index (χ2n) is 4.87. The molecule has 2 aromatic rings. The second-order valence-corrected chi connectivity index (χ2v) is 4.87. The van der Waals surface area contributed by atoms with Crippen molar-refractivity contribution in [2.45, 2.75) is 24.7 Å². The first kappa shape index (κ1) is 11.1. The van der Waals surface area contributed by atoms with E-state index in [0.717, 1.165) is 24.3 Å². The Labute approximate surface area is 106 Å². The summed E-state index contributed by atoms with van der Waals surface area (Å²) in [5, 5.41) is 7.12. The van der Waals surface area contributed by atoms with Crippen LogP contribution in [0.25, 0.3) is 0 Å². The lowest BCUT2D eigenvalue weighted by Crippen LogP contribution is -2.35. The van der Waals surface area contributed by atoms with Crippen LogP contribution >= 0.6 is 0 Å². The molecule has 0 radical (unpaired) electrons. The van der Waals surface area contributed by atoms with Gasteiger partial charge in [-0.15, -0.1) is 0 Å². The average Bonchev–Trinajstić information content (AvgIpc) is 2.75. The molecular weight excluding hydrogens is 226 g/mol. The number of nitrogen functional groups attached to an aromatic ring is 1. The lowest BCUT2D eigenvalue weighted by atomic mass is 9.62. The zero-order valence-corrected chi connectivity index (χ0v) is 10.4. The Morgan fingerprint density at radius 3 is 2.72 bits per heavy atom. The van der Waals surface area contributed by atoms with E-state index in [-0.39, 0.29) is 5.41 Å². The van der Waals surface area contributed by atoms with Gasteiger partial charge in [-0.3, -0.25) is 5.10 Å². The zero-order chi connectivity index (χ0) is 12.6. The third-order valence-electron chi connectivity index (χ3n) is 3.94. The fraction of sp³-hybridized carbons (Fsp3) is 0.357. The topological polar surface area (TPSA) is 63.9 Å². The minimum Gasteiger partial charge on any atom is -0.497 e. The van der Waals surface area contributed by atoms with Crippen molar-refractivity contribution in [2.24, 2.45) is 0 Å². The lowest BCUT2D eigenvalue weighted by Gasteiger charge is -2.41. The van der Waals surface area contributed by atoms with Crippen LogP contribution in [-0.4, -0.2) is 17.3 Å². The number of nitrogens with one attached hydrogen (secondary N) is 1. The van der Waals surface area contributed by atoms with E-state index in [1.54, 1.807) is 7.11 Å². The molecular formula is C14H17N3O. The van der Waals surface area contributed by atoms with Crippen molar-refractivity contribution < 1.29 is 4.74 Å². The maximum atomic E-state index is 5.72. The smallest absolute Gasteiger partial charge is 0.145 e. The minimum atomic E-state index is 0.0408. The standard InChI is InChI=1S/C14H17N3O/c1-18-11-5-2-4-10(8-11)14(6-3-7-14)12-9-13(15)17-16-12/h2,4-5,8-9H,3,6-7H2,1H3,(H3,15,16,17). The van der Waals surface area contributed by atoms with Crippen LogP contribution in [0.1, 0.15) is 30.5 Å². The van der Waals surface area contributed by atoms with E-state index in [2.05, 4.69) is 22.3 Å². The lowest BCUT2D eigenvalue weighted by molar-refractivity contribution is 0.292. The van der Waals surface area contributed by atoms with Crippen molar-refractivity contribution in [1.82, 2.24) is 10.2 Å². The largest absolute Gasteiger partial charge is 0.497 e. The molecule has 0 saturated heterocycles. The van der Waals surface area contributed by atoms with Gasteiger partial charge < -0.3 is 10.5 Å². The van der Waals surface area contributed by atoms with Gasteiger partial charge >= 0.3 is 0 Å². The summed E-state index contributed by atoms with van der Waals surface area (Å²) in [4.78, 5) is 0. The molecule has 1 aromatic carbocycles. The van der Waals surface area contributed by atoms with Gasteiger partial charge in [0.25, 0.3) is 0 Å². The summed E-state index contributed by atoms with van der Waals surface area (Å²) in [6.07, 6.45) is 3.49. The van der Waals surface area contributed by atoms with Crippen LogP contribution < -0.4 is 10.5 Å². The molecule has 4 nitrogen and oxygen atoms in total. The van der Waals surface area contributed by atoms with E-state index in [9.17, 15) is 0 Å². The molecule has 1 heterocycles. The maximum absolute atomic E-state index is 5.72. The van der Waals surface area contributed by atoms with Crippen LogP contribution in [0.4, 0.5) is 5.82 Å². The van der Waals surface area contributed by atoms with Crippen molar-refractivity contribution in [1.29, 1.82) is 0 Å². The first-order chi connectivity index (χ1) is 8.74. The fourth-order valence-corrected chi connectivity index (χ4v) is 2.75. The molecule has 0 atom stereocenters. The van der Waals surface area contributed by atoms with Gasteiger partial charge in [-0.1, -0.05) is 18.6 Å². The number of methoxy groups -OCH3 is 1. The Morgan fingerprint density at radius 2 is 2.17 bits per heavy atom. The Balaban J connectivity index is 2.05. The molecule has 1 saturated carbocycles. The van der Waals surface area contributed by atoms with Crippen LogP contribution in [0.15, 0.2) is 30.3 Å². The Hall–Kier alpha value is -1.97. The van der Waals surface area contributed by atoms with Gasteiger partial charge in [0.15, 0.2) is 0 Å². The number of anilines is 1. The van der Waals surface area contributed by atoms with Gasteiger partial charge in [0.1, 0.15) is 11.6 Å². The molecule has 0 aliphatic heterocycles. The average molecular weight is 243 g/mol. The molecule has 0 amide bonds. The molecule has 0 unspecified atom stereocenters. The molecule has 3 N–H and O–H groups in total. The van der Waals surface area contributed by atoms with Crippen LogP contribution in [-0.2, 0) is 5.41 Å². The van der Waals surface area contributed by atoms with E-state index >= 15 is 0 Å². The molecule has 18 heavy (non-hydrogen) atoms. The van der Waals surface area contributed by atoms with Crippen molar-refractivity contribution in [3.05, 3.63) is 41.6 Å². The van der Waals surface area contributed by atoms with E-state index < -0.39 is 0 Å². The maximum Gasteiger partial charge on any atom is 0.145 e. The normalized spacial score (nSPS) is 17.2. The van der Waals surface area contributed by atoms with Crippen molar-refractivity contribution in [3.8, 4) is 5.75 Å². The molecule has 94 valence electrons. The number of hydrogen-bond donors (Lipinski definition) is 2. The minimum absolute atomic E-state index is 0.0408. The molecule has 0 bridgehead atoms. The van der Waals surface area contributed by atoms with Gasteiger partial charge in [-0.25, -0.2) is 0 Å². The van der Waals surface area contributed by atoms with Crippen molar-refractivity contribution in [3.63, 3.8) is 0 Å². The highest BCUT2D eigenvalue weighted by molar-refractivity contribution is 5.45. The van der Waals surface area contributed by atoms with Crippen LogP contribution in [0, 0.1) is 0 Å². The predicted molar refractivity (Wildman–Crippen MR) is 70.6 cm³/mol. The first-order valence-electron chi connectivity index (χ1n) is 6.20. The number of aromatic nitrogens is 2.